The first kappa shape index (κ1) is 14.6. The van der Waals surface area contributed by atoms with Gasteiger partial charge in [-0.25, -0.2) is 0 Å². The summed E-state index contributed by atoms with van der Waals surface area (Å²) in [5.74, 6) is 1.07. The van der Waals surface area contributed by atoms with Gasteiger partial charge < -0.3 is 5.32 Å². The van der Waals surface area contributed by atoms with Crippen molar-refractivity contribution in [3.05, 3.63) is 59.4 Å². The second kappa shape index (κ2) is 6.56. The number of hydrogen-bond acceptors (Lipinski definition) is 2. The van der Waals surface area contributed by atoms with Crippen LogP contribution in [0, 0.1) is 0 Å². The lowest BCUT2D eigenvalue weighted by atomic mass is 10.0. The molecular weight excluding hydrogens is 244 g/mol. The van der Waals surface area contributed by atoms with Crippen LogP contribution in [0.25, 0.3) is 0 Å². The number of nitrogens with one attached hydrogen (secondary N) is 1. The van der Waals surface area contributed by atoms with Gasteiger partial charge >= 0.3 is 0 Å². The van der Waals surface area contributed by atoms with E-state index in [0.717, 1.165) is 17.9 Å². The Bertz CT molecular complexity index is 473. The van der Waals surface area contributed by atoms with E-state index in [1.165, 1.54) is 11.1 Å². The molecule has 0 aliphatic heterocycles. The summed E-state index contributed by atoms with van der Waals surface area (Å²) in [5, 5.41) is 3.44. The highest BCUT2D eigenvalue weighted by Crippen LogP contribution is 2.18. The third-order valence-corrected chi connectivity index (χ3v) is 3.51. The first-order valence-corrected chi connectivity index (χ1v) is 7.35. The zero-order valence-electron chi connectivity index (χ0n) is 12.9. The average molecular weight is 268 g/mol. The molecule has 0 saturated carbocycles. The summed E-state index contributed by atoms with van der Waals surface area (Å²) in [6.07, 6.45) is 1.96. The van der Waals surface area contributed by atoms with Gasteiger partial charge in [0.15, 0.2) is 0 Å². The summed E-state index contributed by atoms with van der Waals surface area (Å²) in [5.41, 5.74) is 4.89. The summed E-state index contributed by atoms with van der Waals surface area (Å²) < 4.78 is 0. The van der Waals surface area contributed by atoms with Crippen LogP contribution in [0.15, 0.2) is 42.6 Å². The van der Waals surface area contributed by atoms with Crippen LogP contribution < -0.4 is 5.32 Å². The molecule has 0 aliphatic carbocycles. The standard InChI is InChI=1S/C18H24N2/c1-13(2)16-6-8-17(9-7-16)19-11-15-5-10-18(14(3)4)20-12-15/h5-10,12-14,19H,11H2,1-4H3. The molecule has 1 N–H and O–H groups in total. The minimum Gasteiger partial charge on any atom is -0.381 e. The largest absolute Gasteiger partial charge is 0.381 e. The molecule has 0 atom stereocenters. The molecule has 2 heteroatoms. The Kier molecular flexibility index (Phi) is 4.78. The van der Waals surface area contributed by atoms with Crippen LogP contribution in [0.3, 0.4) is 0 Å². The van der Waals surface area contributed by atoms with Crippen molar-refractivity contribution in [3.8, 4) is 0 Å². The van der Waals surface area contributed by atoms with Gasteiger partial charge in [-0.05, 0) is 41.2 Å². The molecule has 0 amide bonds. The van der Waals surface area contributed by atoms with E-state index in [9.17, 15) is 0 Å². The molecule has 20 heavy (non-hydrogen) atoms. The fraction of sp³-hybridized carbons (Fsp3) is 0.389. The Morgan fingerprint density at radius 3 is 2.10 bits per heavy atom. The van der Waals surface area contributed by atoms with Crippen LogP contribution in [-0.4, -0.2) is 4.98 Å². The smallest absolute Gasteiger partial charge is 0.0429 e. The monoisotopic (exact) mass is 268 g/mol. The van der Waals surface area contributed by atoms with Gasteiger partial charge in [-0.15, -0.1) is 0 Å². The number of pyridine rings is 1. The summed E-state index contributed by atoms with van der Waals surface area (Å²) in [6, 6.07) is 12.9. The topological polar surface area (TPSA) is 24.9 Å². The number of rotatable bonds is 5. The lowest BCUT2D eigenvalue weighted by molar-refractivity contribution is 0.819. The Morgan fingerprint density at radius 1 is 0.900 bits per heavy atom. The molecule has 0 radical (unpaired) electrons. The van der Waals surface area contributed by atoms with Crippen LogP contribution in [0.5, 0.6) is 0 Å². The molecule has 2 rings (SSSR count). The van der Waals surface area contributed by atoms with Crippen molar-refractivity contribution in [3.63, 3.8) is 0 Å². The number of anilines is 1. The van der Waals surface area contributed by atoms with Gasteiger partial charge in [-0.1, -0.05) is 45.9 Å². The first-order valence-electron chi connectivity index (χ1n) is 7.35. The van der Waals surface area contributed by atoms with Gasteiger partial charge in [0.25, 0.3) is 0 Å². The maximum absolute atomic E-state index is 4.49. The zero-order valence-corrected chi connectivity index (χ0v) is 12.9. The van der Waals surface area contributed by atoms with Gasteiger partial charge in [-0.3, -0.25) is 4.98 Å². The molecule has 2 nitrogen and oxygen atoms in total. The normalized spacial score (nSPS) is 11.1. The minimum atomic E-state index is 0.487. The molecule has 0 saturated heterocycles. The van der Waals surface area contributed by atoms with Crippen molar-refractivity contribution in [2.75, 3.05) is 5.32 Å². The Balaban J connectivity index is 1.94. The van der Waals surface area contributed by atoms with Crippen molar-refractivity contribution in [1.82, 2.24) is 4.98 Å². The van der Waals surface area contributed by atoms with Crippen LogP contribution in [-0.2, 0) is 6.54 Å². The van der Waals surface area contributed by atoms with Crippen molar-refractivity contribution in [2.45, 2.75) is 46.1 Å². The Hall–Kier alpha value is -1.83. The maximum atomic E-state index is 4.49. The third-order valence-electron chi connectivity index (χ3n) is 3.51. The summed E-state index contributed by atoms with van der Waals surface area (Å²) >= 11 is 0. The molecule has 0 spiro atoms. The highest BCUT2D eigenvalue weighted by Gasteiger charge is 2.01. The molecule has 1 aromatic carbocycles. The third kappa shape index (κ3) is 3.83. The SMILES string of the molecule is CC(C)c1ccc(NCc2ccc(C(C)C)nc2)cc1. The molecule has 106 valence electrons. The number of nitrogens with zero attached hydrogens (tertiary/aromatic N) is 1. The van der Waals surface area contributed by atoms with E-state index >= 15 is 0 Å². The predicted octanol–water partition coefficient (Wildman–Crippen LogP) is 4.94. The van der Waals surface area contributed by atoms with Gasteiger partial charge in [0, 0.05) is 24.1 Å². The molecule has 1 aromatic heterocycles. The Labute approximate surface area is 122 Å². The first-order chi connectivity index (χ1) is 9.56. The maximum Gasteiger partial charge on any atom is 0.0429 e. The minimum absolute atomic E-state index is 0.487. The van der Waals surface area contributed by atoms with Crippen LogP contribution in [0.4, 0.5) is 5.69 Å². The molecule has 0 unspecified atom stereocenters. The van der Waals surface area contributed by atoms with Gasteiger partial charge in [-0.2, -0.15) is 0 Å². The summed E-state index contributed by atoms with van der Waals surface area (Å²) in [4.78, 5) is 4.49. The van der Waals surface area contributed by atoms with Crippen molar-refractivity contribution >= 4 is 5.69 Å². The van der Waals surface area contributed by atoms with Gasteiger partial charge in [0.2, 0.25) is 0 Å². The highest BCUT2D eigenvalue weighted by atomic mass is 14.9. The quantitative estimate of drug-likeness (QED) is 0.830. The predicted molar refractivity (Wildman–Crippen MR) is 86.2 cm³/mol. The molecule has 2 aromatic rings. The molecule has 0 aliphatic rings. The number of aromatic nitrogens is 1. The van der Waals surface area contributed by atoms with Crippen LogP contribution in [0.1, 0.15) is 56.4 Å². The van der Waals surface area contributed by atoms with E-state index in [4.69, 9.17) is 0 Å². The van der Waals surface area contributed by atoms with Crippen molar-refractivity contribution in [1.29, 1.82) is 0 Å². The van der Waals surface area contributed by atoms with E-state index in [0.29, 0.717) is 11.8 Å². The van der Waals surface area contributed by atoms with E-state index in [1.807, 2.05) is 6.20 Å². The second-order valence-electron chi connectivity index (χ2n) is 5.88. The van der Waals surface area contributed by atoms with Gasteiger partial charge in [0.1, 0.15) is 0 Å². The van der Waals surface area contributed by atoms with Crippen LogP contribution >= 0.6 is 0 Å². The van der Waals surface area contributed by atoms with E-state index in [1.54, 1.807) is 0 Å². The molecular formula is C18H24N2. The molecule has 0 bridgehead atoms. The second-order valence-corrected chi connectivity index (χ2v) is 5.88. The fourth-order valence-electron chi connectivity index (χ4n) is 2.07. The fourth-order valence-corrected chi connectivity index (χ4v) is 2.07. The van der Waals surface area contributed by atoms with Crippen molar-refractivity contribution in [2.24, 2.45) is 0 Å². The Morgan fingerprint density at radius 2 is 1.60 bits per heavy atom. The van der Waals surface area contributed by atoms with Crippen LogP contribution in [0.2, 0.25) is 0 Å². The average Bonchev–Trinajstić information content (AvgIpc) is 2.46. The van der Waals surface area contributed by atoms with E-state index in [2.05, 4.69) is 74.4 Å². The molecule has 1 heterocycles. The summed E-state index contributed by atoms with van der Waals surface area (Å²) in [7, 11) is 0. The lowest BCUT2D eigenvalue weighted by Gasteiger charge is -2.10. The summed E-state index contributed by atoms with van der Waals surface area (Å²) in [6.45, 7) is 9.56. The number of hydrogen-bond donors (Lipinski definition) is 1. The zero-order chi connectivity index (χ0) is 14.5. The molecule has 0 fully saturated rings. The van der Waals surface area contributed by atoms with Crippen molar-refractivity contribution < 1.29 is 0 Å². The lowest BCUT2D eigenvalue weighted by Crippen LogP contribution is -2.01. The number of benzene rings is 1. The van der Waals surface area contributed by atoms with Gasteiger partial charge in [0.05, 0.1) is 0 Å². The van der Waals surface area contributed by atoms with E-state index < -0.39 is 0 Å². The highest BCUT2D eigenvalue weighted by molar-refractivity contribution is 5.45. The van der Waals surface area contributed by atoms with E-state index in [-0.39, 0.29) is 0 Å².